The molecule has 0 aliphatic heterocycles. The van der Waals surface area contributed by atoms with Gasteiger partial charge in [0.15, 0.2) is 0 Å². The van der Waals surface area contributed by atoms with Crippen LogP contribution in [0.3, 0.4) is 0 Å². The van der Waals surface area contributed by atoms with Crippen molar-refractivity contribution in [2.24, 2.45) is 23.6 Å². The zero-order valence-electron chi connectivity index (χ0n) is 9.34. The quantitative estimate of drug-likeness (QED) is 0.535. The Balaban J connectivity index is 1.80. The summed E-state index contributed by atoms with van der Waals surface area (Å²) in [6.45, 7) is 2.32. The van der Waals surface area contributed by atoms with Crippen LogP contribution in [0.4, 0.5) is 0 Å². The van der Waals surface area contributed by atoms with Crippen molar-refractivity contribution >= 4 is 0 Å². The Morgan fingerprint density at radius 1 is 1.07 bits per heavy atom. The number of hydrogen-bond acceptors (Lipinski definition) is 2. The van der Waals surface area contributed by atoms with Gasteiger partial charge >= 0.3 is 0 Å². The molecule has 14 heavy (non-hydrogen) atoms. The van der Waals surface area contributed by atoms with E-state index in [0.717, 1.165) is 17.8 Å². The van der Waals surface area contributed by atoms with Crippen LogP contribution in [0.15, 0.2) is 0 Å². The molecule has 2 heteroatoms. The minimum absolute atomic E-state index is 0.632. The van der Waals surface area contributed by atoms with E-state index in [-0.39, 0.29) is 0 Å². The predicted octanol–water partition coefficient (Wildman–Crippen LogP) is 2.44. The fourth-order valence-corrected chi connectivity index (χ4v) is 3.07. The van der Waals surface area contributed by atoms with E-state index in [1.54, 1.807) is 0 Å². The van der Waals surface area contributed by atoms with Gasteiger partial charge in [0, 0.05) is 6.04 Å². The molecule has 82 valence electrons. The third-order valence-corrected chi connectivity index (χ3v) is 4.30. The molecule has 3 N–H and O–H groups in total. The third-order valence-electron chi connectivity index (χ3n) is 4.30. The highest BCUT2D eigenvalue weighted by atomic mass is 15.2. The highest BCUT2D eigenvalue weighted by Gasteiger charge is 2.37. The van der Waals surface area contributed by atoms with Crippen molar-refractivity contribution in [3.05, 3.63) is 0 Å². The Hall–Kier alpha value is -0.0800. The maximum atomic E-state index is 5.66. The molecule has 0 saturated heterocycles. The van der Waals surface area contributed by atoms with Crippen LogP contribution in [0.1, 0.15) is 51.9 Å². The van der Waals surface area contributed by atoms with Gasteiger partial charge in [0.25, 0.3) is 0 Å². The zero-order chi connectivity index (χ0) is 9.97. The Kier molecular flexibility index (Phi) is 3.45. The van der Waals surface area contributed by atoms with Gasteiger partial charge in [0.1, 0.15) is 0 Å². The standard InChI is InChI=1S/C12H24N2/c1-2-9-3-5-10(6-4-9)12(14-13)11-7-8-11/h9-12,14H,2-8,13H2,1H3. The van der Waals surface area contributed by atoms with Crippen molar-refractivity contribution < 1.29 is 0 Å². The second-order valence-corrected chi connectivity index (χ2v) is 5.22. The molecule has 0 bridgehead atoms. The van der Waals surface area contributed by atoms with Crippen molar-refractivity contribution in [2.75, 3.05) is 0 Å². The van der Waals surface area contributed by atoms with Crippen molar-refractivity contribution in [1.82, 2.24) is 5.43 Å². The molecular weight excluding hydrogens is 172 g/mol. The van der Waals surface area contributed by atoms with Crippen LogP contribution in [-0.2, 0) is 0 Å². The van der Waals surface area contributed by atoms with Crippen LogP contribution in [-0.4, -0.2) is 6.04 Å². The van der Waals surface area contributed by atoms with Gasteiger partial charge in [-0.05, 0) is 43.4 Å². The summed E-state index contributed by atoms with van der Waals surface area (Å²) in [4.78, 5) is 0. The maximum absolute atomic E-state index is 5.66. The predicted molar refractivity (Wildman–Crippen MR) is 59.6 cm³/mol. The molecule has 2 aliphatic carbocycles. The lowest BCUT2D eigenvalue weighted by Crippen LogP contribution is -2.43. The van der Waals surface area contributed by atoms with E-state index in [9.17, 15) is 0 Å². The highest BCUT2D eigenvalue weighted by Crippen LogP contribution is 2.41. The first-order chi connectivity index (χ1) is 6.85. The Morgan fingerprint density at radius 3 is 1.93 bits per heavy atom. The van der Waals surface area contributed by atoms with Gasteiger partial charge in [-0.25, -0.2) is 0 Å². The van der Waals surface area contributed by atoms with Crippen LogP contribution in [0.25, 0.3) is 0 Å². The van der Waals surface area contributed by atoms with Crippen LogP contribution in [0.5, 0.6) is 0 Å². The molecule has 2 aliphatic rings. The first-order valence-corrected chi connectivity index (χ1v) is 6.31. The van der Waals surface area contributed by atoms with Crippen molar-refractivity contribution in [2.45, 2.75) is 57.9 Å². The highest BCUT2D eigenvalue weighted by molar-refractivity contribution is 4.91. The molecule has 1 unspecified atom stereocenters. The van der Waals surface area contributed by atoms with E-state index in [1.165, 1.54) is 44.9 Å². The molecule has 0 amide bonds. The van der Waals surface area contributed by atoms with E-state index in [4.69, 9.17) is 5.84 Å². The molecule has 1 atom stereocenters. The first-order valence-electron chi connectivity index (χ1n) is 6.31. The molecule has 2 saturated carbocycles. The average molecular weight is 196 g/mol. The Labute approximate surface area is 87.6 Å². The summed E-state index contributed by atoms with van der Waals surface area (Å²) in [6.07, 6.45) is 9.87. The Bertz CT molecular complexity index is 169. The minimum Gasteiger partial charge on any atom is -0.271 e. The summed E-state index contributed by atoms with van der Waals surface area (Å²) in [7, 11) is 0. The fourth-order valence-electron chi connectivity index (χ4n) is 3.07. The largest absolute Gasteiger partial charge is 0.271 e. The van der Waals surface area contributed by atoms with Crippen LogP contribution in [0, 0.1) is 17.8 Å². The molecule has 2 nitrogen and oxygen atoms in total. The van der Waals surface area contributed by atoms with Crippen LogP contribution in [0.2, 0.25) is 0 Å². The molecule has 0 radical (unpaired) electrons. The van der Waals surface area contributed by atoms with Gasteiger partial charge in [-0.1, -0.05) is 26.2 Å². The second-order valence-electron chi connectivity index (χ2n) is 5.22. The van der Waals surface area contributed by atoms with Gasteiger partial charge in [-0.2, -0.15) is 0 Å². The molecule has 0 aromatic rings. The number of hydrogen-bond donors (Lipinski definition) is 2. The van der Waals surface area contributed by atoms with Gasteiger partial charge in [-0.3, -0.25) is 11.3 Å². The summed E-state index contributed by atoms with van der Waals surface area (Å²) in [6, 6.07) is 0.632. The summed E-state index contributed by atoms with van der Waals surface area (Å²) < 4.78 is 0. The monoisotopic (exact) mass is 196 g/mol. The van der Waals surface area contributed by atoms with Crippen LogP contribution < -0.4 is 11.3 Å². The average Bonchev–Trinajstić information content (AvgIpc) is 3.04. The van der Waals surface area contributed by atoms with E-state index in [1.807, 2.05) is 0 Å². The smallest absolute Gasteiger partial charge is 0.0267 e. The van der Waals surface area contributed by atoms with E-state index in [0.29, 0.717) is 6.04 Å². The lowest BCUT2D eigenvalue weighted by molar-refractivity contribution is 0.204. The number of nitrogens with two attached hydrogens (primary N) is 1. The lowest BCUT2D eigenvalue weighted by Gasteiger charge is -2.33. The molecule has 0 aromatic carbocycles. The van der Waals surface area contributed by atoms with Gasteiger partial charge < -0.3 is 0 Å². The van der Waals surface area contributed by atoms with Crippen LogP contribution >= 0.6 is 0 Å². The van der Waals surface area contributed by atoms with Gasteiger partial charge in [0.2, 0.25) is 0 Å². The number of nitrogens with one attached hydrogen (secondary N) is 1. The molecular formula is C12H24N2. The molecule has 0 heterocycles. The second kappa shape index (κ2) is 4.63. The van der Waals surface area contributed by atoms with Crippen molar-refractivity contribution in [3.63, 3.8) is 0 Å². The normalized spacial score (nSPS) is 35.6. The molecule has 0 aromatic heterocycles. The van der Waals surface area contributed by atoms with Gasteiger partial charge in [-0.15, -0.1) is 0 Å². The van der Waals surface area contributed by atoms with E-state index in [2.05, 4.69) is 12.3 Å². The minimum atomic E-state index is 0.632. The maximum Gasteiger partial charge on any atom is 0.0267 e. The Morgan fingerprint density at radius 2 is 1.57 bits per heavy atom. The summed E-state index contributed by atoms with van der Waals surface area (Å²) in [5.41, 5.74) is 3.07. The van der Waals surface area contributed by atoms with Crippen molar-refractivity contribution in [3.8, 4) is 0 Å². The lowest BCUT2D eigenvalue weighted by atomic mass is 9.76. The third kappa shape index (κ3) is 2.29. The SMILES string of the molecule is CCC1CCC(C(NN)C2CC2)CC1. The van der Waals surface area contributed by atoms with E-state index >= 15 is 0 Å². The summed E-state index contributed by atoms with van der Waals surface area (Å²) >= 11 is 0. The number of rotatable bonds is 4. The number of hydrazine groups is 1. The molecule has 2 fully saturated rings. The van der Waals surface area contributed by atoms with E-state index < -0.39 is 0 Å². The molecule has 2 rings (SSSR count). The fraction of sp³-hybridized carbons (Fsp3) is 1.00. The first kappa shape index (κ1) is 10.4. The van der Waals surface area contributed by atoms with Gasteiger partial charge in [0.05, 0.1) is 0 Å². The summed E-state index contributed by atoms with van der Waals surface area (Å²) in [5, 5.41) is 0. The zero-order valence-corrected chi connectivity index (χ0v) is 9.34. The summed E-state index contributed by atoms with van der Waals surface area (Å²) in [5.74, 6) is 8.44. The topological polar surface area (TPSA) is 38.0 Å². The van der Waals surface area contributed by atoms with Crippen molar-refractivity contribution in [1.29, 1.82) is 0 Å². The molecule has 0 spiro atoms.